The van der Waals surface area contributed by atoms with E-state index in [9.17, 15) is 24.3 Å². The Morgan fingerprint density at radius 3 is 1.93 bits per heavy atom. The van der Waals surface area contributed by atoms with Gasteiger partial charge in [0.2, 0.25) is 5.91 Å². The van der Waals surface area contributed by atoms with E-state index < -0.39 is 34.3 Å². The molecule has 0 bridgehead atoms. The highest BCUT2D eigenvalue weighted by Gasteiger charge is 2.30. The first-order chi connectivity index (χ1) is 20.3. The summed E-state index contributed by atoms with van der Waals surface area (Å²) in [7, 11) is 1.52. The summed E-state index contributed by atoms with van der Waals surface area (Å²) in [5, 5.41) is 16.4. The summed E-state index contributed by atoms with van der Waals surface area (Å²) < 4.78 is 16.7. The summed E-state index contributed by atoms with van der Waals surface area (Å²) in [5.41, 5.74) is -1.74. The predicted octanol–water partition coefficient (Wildman–Crippen LogP) is 4.22. The first kappa shape index (κ1) is 39.5. The number of aliphatic hydroxyl groups is 1. The standard InChI is InChI=1S/C33H47N3O8.BrH/c1-31(2,3)29(40)43-25-16-15-22(17-26(25)44-30(41)32(4,5)6)24(19-37)35-33(7,8)21-34-27(38)18-36(9)28(39)20-42-23-13-11-10-12-14-23;/h10-17,24,35,37H,18-21H2,1-9H3,(H,34,38);1H. The lowest BCUT2D eigenvalue weighted by molar-refractivity contribution is -0.145. The Morgan fingerprint density at radius 2 is 1.40 bits per heavy atom. The van der Waals surface area contributed by atoms with Crippen molar-refractivity contribution in [2.75, 3.05) is 33.4 Å². The van der Waals surface area contributed by atoms with Gasteiger partial charge in [-0.1, -0.05) is 24.3 Å². The van der Waals surface area contributed by atoms with E-state index >= 15 is 0 Å². The van der Waals surface area contributed by atoms with Gasteiger partial charge in [0.25, 0.3) is 5.91 Å². The molecule has 45 heavy (non-hydrogen) atoms. The van der Waals surface area contributed by atoms with Crippen LogP contribution < -0.4 is 24.8 Å². The van der Waals surface area contributed by atoms with Crippen LogP contribution in [0.4, 0.5) is 0 Å². The number of halogens is 1. The van der Waals surface area contributed by atoms with Crippen LogP contribution in [0.2, 0.25) is 0 Å². The molecule has 0 fully saturated rings. The van der Waals surface area contributed by atoms with Gasteiger partial charge in [-0.25, -0.2) is 0 Å². The molecule has 1 atom stereocenters. The van der Waals surface area contributed by atoms with Crippen LogP contribution in [-0.4, -0.2) is 72.6 Å². The summed E-state index contributed by atoms with van der Waals surface area (Å²) in [5.74, 6) is -1.03. The number of ether oxygens (including phenoxy) is 3. The zero-order valence-electron chi connectivity index (χ0n) is 27.7. The second-order valence-corrected chi connectivity index (χ2v) is 13.4. The van der Waals surface area contributed by atoms with Crippen LogP contribution in [0.1, 0.15) is 67.0 Å². The van der Waals surface area contributed by atoms with Crippen LogP contribution in [0, 0.1) is 10.8 Å². The average molecular weight is 695 g/mol. The minimum Gasteiger partial charge on any atom is -0.484 e. The summed E-state index contributed by atoms with van der Waals surface area (Å²) in [6.45, 7) is 13.5. The molecular formula is C33H48BrN3O8. The van der Waals surface area contributed by atoms with Crippen LogP contribution >= 0.6 is 17.0 Å². The molecule has 0 aromatic heterocycles. The number of carbonyl (C=O) groups is 4. The molecule has 2 rings (SSSR count). The van der Waals surface area contributed by atoms with Crippen LogP contribution in [0.15, 0.2) is 48.5 Å². The van der Waals surface area contributed by atoms with Crippen molar-refractivity contribution in [3.8, 4) is 17.2 Å². The third-order valence-corrected chi connectivity index (χ3v) is 6.39. The number of hydrogen-bond donors (Lipinski definition) is 3. The number of rotatable bonds is 13. The number of nitrogens with zero attached hydrogens (tertiary/aromatic N) is 1. The lowest BCUT2D eigenvalue weighted by Gasteiger charge is -2.32. The van der Waals surface area contributed by atoms with Gasteiger partial charge in [-0.3, -0.25) is 19.2 Å². The van der Waals surface area contributed by atoms with Gasteiger partial charge in [0.15, 0.2) is 18.1 Å². The minimum atomic E-state index is -0.816. The topological polar surface area (TPSA) is 144 Å². The Morgan fingerprint density at radius 1 is 0.844 bits per heavy atom. The monoisotopic (exact) mass is 693 g/mol. The molecular weight excluding hydrogens is 646 g/mol. The fraction of sp³-hybridized carbons (Fsp3) is 0.515. The maximum Gasteiger partial charge on any atom is 0.316 e. The molecule has 1 unspecified atom stereocenters. The van der Waals surface area contributed by atoms with E-state index in [-0.39, 0.29) is 66.6 Å². The van der Waals surface area contributed by atoms with Crippen LogP contribution in [0.25, 0.3) is 0 Å². The molecule has 0 saturated carbocycles. The maximum atomic E-state index is 12.7. The Hall–Kier alpha value is -3.48. The molecule has 0 heterocycles. The fourth-order valence-electron chi connectivity index (χ4n) is 3.62. The molecule has 11 nitrogen and oxygen atoms in total. The van der Waals surface area contributed by atoms with Crippen molar-refractivity contribution in [1.82, 2.24) is 15.5 Å². The van der Waals surface area contributed by atoms with Gasteiger partial charge >= 0.3 is 11.9 Å². The Balaban J connectivity index is 0.0000101. The van der Waals surface area contributed by atoms with Crippen molar-refractivity contribution < 1.29 is 38.5 Å². The number of likely N-dealkylation sites (N-methyl/N-ethyl adjacent to an activating group) is 1. The zero-order valence-corrected chi connectivity index (χ0v) is 29.4. The number of benzene rings is 2. The molecule has 2 amide bonds. The zero-order chi connectivity index (χ0) is 33.3. The van der Waals surface area contributed by atoms with Crippen LogP contribution in [0.3, 0.4) is 0 Å². The minimum absolute atomic E-state index is 0. The summed E-state index contributed by atoms with van der Waals surface area (Å²) in [6.07, 6.45) is 0. The van der Waals surface area contributed by atoms with E-state index in [4.69, 9.17) is 14.2 Å². The molecule has 2 aromatic rings. The number of para-hydroxylation sites is 1. The molecule has 2 aromatic carbocycles. The van der Waals surface area contributed by atoms with Crippen LogP contribution in [0.5, 0.6) is 17.2 Å². The lowest BCUT2D eigenvalue weighted by atomic mass is 9.97. The summed E-state index contributed by atoms with van der Waals surface area (Å²) in [6, 6.07) is 13.0. The first-order valence-electron chi connectivity index (χ1n) is 14.5. The van der Waals surface area contributed by atoms with Gasteiger partial charge in [0.05, 0.1) is 30.0 Å². The van der Waals surface area contributed by atoms with Gasteiger partial charge in [0, 0.05) is 19.1 Å². The molecule has 0 saturated heterocycles. The number of esters is 2. The quantitative estimate of drug-likeness (QED) is 0.208. The van der Waals surface area contributed by atoms with E-state index in [1.54, 1.807) is 77.9 Å². The average Bonchev–Trinajstić information content (AvgIpc) is 2.94. The van der Waals surface area contributed by atoms with Crippen LogP contribution in [-0.2, 0) is 19.2 Å². The number of amides is 2. The lowest BCUT2D eigenvalue weighted by Crippen LogP contribution is -2.52. The third kappa shape index (κ3) is 13.2. The second kappa shape index (κ2) is 16.7. The van der Waals surface area contributed by atoms with E-state index in [1.807, 2.05) is 19.9 Å². The second-order valence-electron chi connectivity index (χ2n) is 13.4. The van der Waals surface area contributed by atoms with Crippen molar-refractivity contribution in [3.05, 3.63) is 54.1 Å². The normalized spacial score (nSPS) is 12.3. The molecule has 0 radical (unpaired) electrons. The molecule has 0 aliphatic rings. The van der Waals surface area contributed by atoms with Gasteiger partial charge in [-0.05, 0) is 85.2 Å². The van der Waals surface area contributed by atoms with Gasteiger partial charge in [0.1, 0.15) is 5.75 Å². The molecule has 0 aliphatic carbocycles. The smallest absolute Gasteiger partial charge is 0.316 e. The van der Waals surface area contributed by atoms with Crippen molar-refractivity contribution in [2.24, 2.45) is 10.8 Å². The highest BCUT2D eigenvalue weighted by Crippen LogP contribution is 2.34. The Bertz CT molecular complexity index is 1300. The molecule has 0 spiro atoms. The number of hydrogen-bond acceptors (Lipinski definition) is 9. The fourth-order valence-corrected chi connectivity index (χ4v) is 3.62. The molecule has 0 aliphatic heterocycles. The number of nitrogens with one attached hydrogen (secondary N) is 2. The molecule has 12 heteroatoms. The summed E-state index contributed by atoms with van der Waals surface area (Å²) >= 11 is 0. The van der Waals surface area contributed by atoms with Crippen molar-refractivity contribution in [3.63, 3.8) is 0 Å². The van der Waals surface area contributed by atoms with Gasteiger partial charge < -0.3 is 34.9 Å². The van der Waals surface area contributed by atoms with E-state index in [0.717, 1.165) is 0 Å². The van der Waals surface area contributed by atoms with Crippen molar-refractivity contribution >= 4 is 40.7 Å². The maximum absolute atomic E-state index is 12.7. The Kier molecular flexibility index (Phi) is 14.7. The highest BCUT2D eigenvalue weighted by atomic mass is 79.9. The Labute approximate surface area is 276 Å². The third-order valence-electron chi connectivity index (χ3n) is 6.39. The molecule has 250 valence electrons. The van der Waals surface area contributed by atoms with E-state index in [0.29, 0.717) is 11.3 Å². The largest absolute Gasteiger partial charge is 0.484 e. The molecule has 3 N–H and O–H groups in total. The van der Waals surface area contributed by atoms with Crippen molar-refractivity contribution in [2.45, 2.75) is 67.0 Å². The SMILES string of the molecule is Br.CN(CC(=O)NCC(C)(C)NC(CO)c1ccc(OC(=O)C(C)(C)C)c(OC(=O)C(C)(C)C)c1)C(=O)COc1ccccc1. The predicted molar refractivity (Wildman–Crippen MR) is 177 cm³/mol. The van der Waals surface area contributed by atoms with Crippen molar-refractivity contribution in [1.29, 1.82) is 0 Å². The number of aliphatic hydroxyl groups excluding tert-OH is 1. The summed E-state index contributed by atoms with van der Waals surface area (Å²) in [4.78, 5) is 51.6. The van der Waals surface area contributed by atoms with Gasteiger partial charge in [-0.15, -0.1) is 17.0 Å². The highest BCUT2D eigenvalue weighted by molar-refractivity contribution is 8.93. The number of carbonyl (C=O) groups excluding carboxylic acids is 4. The first-order valence-corrected chi connectivity index (χ1v) is 14.5. The van der Waals surface area contributed by atoms with E-state index in [1.165, 1.54) is 18.0 Å². The van der Waals surface area contributed by atoms with E-state index in [2.05, 4.69) is 10.6 Å². The van der Waals surface area contributed by atoms with Gasteiger partial charge in [-0.2, -0.15) is 0 Å².